The van der Waals surface area contributed by atoms with Crippen molar-refractivity contribution >= 4 is 18.3 Å². The van der Waals surface area contributed by atoms with Gasteiger partial charge in [0.15, 0.2) is 11.5 Å². The molecule has 1 fully saturated rings. The summed E-state index contributed by atoms with van der Waals surface area (Å²) >= 11 is 0. The molecule has 116 valence electrons. The van der Waals surface area contributed by atoms with Gasteiger partial charge in [-0.05, 0) is 38.1 Å². The molecule has 0 spiro atoms. The van der Waals surface area contributed by atoms with Crippen LogP contribution >= 0.6 is 12.4 Å². The molecule has 3 rings (SSSR count). The Hall–Kier alpha value is -1.46. The smallest absolute Gasteiger partial charge is 0.257 e. The summed E-state index contributed by atoms with van der Waals surface area (Å²) in [5.41, 5.74) is 0.600. The highest BCUT2D eigenvalue weighted by Crippen LogP contribution is 2.34. The lowest BCUT2D eigenvalue weighted by Gasteiger charge is -2.32. The standard InChI is InChI=1S/C15H20N2O3.ClH/c1-17(11-5-7-16-8-6-11)15(18)12-3-2-4-13-14(12)20-10-9-19-13;/h2-4,11,16H,5-10H2,1H3;1H. The summed E-state index contributed by atoms with van der Waals surface area (Å²) in [5.74, 6) is 1.27. The van der Waals surface area contributed by atoms with E-state index in [0.29, 0.717) is 36.3 Å². The molecular formula is C15H21ClN2O3. The number of hydrogen-bond donors (Lipinski definition) is 1. The van der Waals surface area contributed by atoms with Gasteiger partial charge in [-0.1, -0.05) is 6.07 Å². The summed E-state index contributed by atoms with van der Waals surface area (Å²) in [6.45, 7) is 2.97. The number of fused-ring (bicyclic) bond motifs is 1. The average molecular weight is 313 g/mol. The first-order valence-corrected chi connectivity index (χ1v) is 7.14. The SMILES string of the molecule is CN(C(=O)c1cccc2c1OCCO2)C1CCNCC1.Cl. The molecule has 0 aliphatic carbocycles. The number of piperidine rings is 1. The van der Waals surface area contributed by atoms with Gasteiger partial charge in [-0.15, -0.1) is 12.4 Å². The average Bonchev–Trinajstić information content (AvgIpc) is 2.54. The van der Waals surface area contributed by atoms with E-state index in [-0.39, 0.29) is 18.3 Å². The van der Waals surface area contributed by atoms with Gasteiger partial charge in [0.1, 0.15) is 13.2 Å². The van der Waals surface area contributed by atoms with E-state index in [0.717, 1.165) is 25.9 Å². The zero-order valence-corrected chi connectivity index (χ0v) is 12.9. The van der Waals surface area contributed by atoms with Gasteiger partial charge in [0.25, 0.3) is 5.91 Å². The van der Waals surface area contributed by atoms with Gasteiger partial charge in [-0.3, -0.25) is 4.79 Å². The van der Waals surface area contributed by atoms with Crippen LogP contribution < -0.4 is 14.8 Å². The van der Waals surface area contributed by atoms with Gasteiger partial charge in [0, 0.05) is 13.1 Å². The third-order valence-corrected chi connectivity index (χ3v) is 3.97. The molecule has 1 aromatic carbocycles. The molecule has 0 bridgehead atoms. The summed E-state index contributed by atoms with van der Waals surface area (Å²) < 4.78 is 11.2. The predicted octanol–water partition coefficient (Wildman–Crippen LogP) is 1.70. The molecule has 5 nitrogen and oxygen atoms in total. The predicted molar refractivity (Wildman–Crippen MR) is 82.7 cm³/mol. The third-order valence-electron chi connectivity index (χ3n) is 3.97. The highest BCUT2D eigenvalue weighted by Gasteiger charge is 2.27. The van der Waals surface area contributed by atoms with Crippen LogP contribution in [0.2, 0.25) is 0 Å². The van der Waals surface area contributed by atoms with E-state index in [9.17, 15) is 4.79 Å². The molecule has 0 radical (unpaired) electrons. The zero-order chi connectivity index (χ0) is 13.9. The topological polar surface area (TPSA) is 50.8 Å². The largest absolute Gasteiger partial charge is 0.486 e. The van der Waals surface area contributed by atoms with Crippen molar-refractivity contribution in [1.82, 2.24) is 10.2 Å². The molecular weight excluding hydrogens is 292 g/mol. The van der Waals surface area contributed by atoms with Crippen molar-refractivity contribution < 1.29 is 14.3 Å². The van der Waals surface area contributed by atoms with Crippen LogP contribution in [0.25, 0.3) is 0 Å². The van der Waals surface area contributed by atoms with Crippen LogP contribution in [0.5, 0.6) is 11.5 Å². The molecule has 1 aromatic rings. The van der Waals surface area contributed by atoms with Crippen LogP contribution in [0.1, 0.15) is 23.2 Å². The Morgan fingerprint density at radius 2 is 1.95 bits per heavy atom. The van der Waals surface area contributed by atoms with E-state index in [2.05, 4.69) is 5.32 Å². The normalized spacial score (nSPS) is 17.8. The lowest BCUT2D eigenvalue weighted by Crippen LogP contribution is -2.44. The molecule has 0 saturated carbocycles. The molecule has 2 aliphatic heterocycles. The number of carbonyl (C=O) groups is 1. The number of amides is 1. The second kappa shape index (κ2) is 7.00. The van der Waals surface area contributed by atoms with Crippen molar-refractivity contribution in [2.75, 3.05) is 33.4 Å². The van der Waals surface area contributed by atoms with E-state index in [4.69, 9.17) is 9.47 Å². The van der Waals surface area contributed by atoms with Crippen LogP contribution in [-0.4, -0.2) is 50.2 Å². The van der Waals surface area contributed by atoms with Crippen molar-refractivity contribution in [1.29, 1.82) is 0 Å². The lowest BCUT2D eigenvalue weighted by molar-refractivity contribution is 0.0693. The Kier molecular flexibility index (Phi) is 5.31. The lowest BCUT2D eigenvalue weighted by atomic mass is 10.0. The molecule has 21 heavy (non-hydrogen) atoms. The second-order valence-corrected chi connectivity index (χ2v) is 5.23. The fraction of sp³-hybridized carbons (Fsp3) is 0.533. The number of hydrogen-bond acceptors (Lipinski definition) is 4. The Morgan fingerprint density at radius 3 is 2.71 bits per heavy atom. The van der Waals surface area contributed by atoms with Gasteiger partial charge in [-0.2, -0.15) is 0 Å². The van der Waals surface area contributed by atoms with E-state index in [1.165, 1.54) is 0 Å². The minimum atomic E-state index is 0. The molecule has 0 unspecified atom stereocenters. The first-order chi connectivity index (χ1) is 9.77. The molecule has 2 aliphatic rings. The fourth-order valence-corrected chi connectivity index (χ4v) is 2.79. The van der Waals surface area contributed by atoms with Gasteiger partial charge >= 0.3 is 0 Å². The van der Waals surface area contributed by atoms with Crippen molar-refractivity contribution in [2.45, 2.75) is 18.9 Å². The number of nitrogens with one attached hydrogen (secondary N) is 1. The van der Waals surface area contributed by atoms with Crippen molar-refractivity contribution in [3.8, 4) is 11.5 Å². The number of rotatable bonds is 2. The van der Waals surface area contributed by atoms with E-state index in [1.807, 2.05) is 30.1 Å². The molecule has 1 saturated heterocycles. The third kappa shape index (κ3) is 3.24. The minimum Gasteiger partial charge on any atom is -0.486 e. The zero-order valence-electron chi connectivity index (χ0n) is 12.1. The summed E-state index contributed by atoms with van der Waals surface area (Å²) in [6, 6.07) is 5.80. The molecule has 0 aromatic heterocycles. The summed E-state index contributed by atoms with van der Waals surface area (Å²) in [4.78, 5) is 14.5. The number of nitrogens with zero attached hydrogens (tertiary/aromatic N) is 1. The van der Waals surface area contributed by atoms with Gasteiger partial charge in [-0.25, -0.2) is 0 Å². The van der Waals surface area contributed by atoms with E-state index >= 15 is 0 Å². The van der Waals surface area contributed by atoms with Crippen LogP contribution in [0, 0.1) is 0 Å². The maximum atomic E-state index is 12.7. The number of halogens is 1. The highest BCUT2D eigenvalue weighted by atomic mass is 35.5. The Morgan fingerprint density at radius 1 is 1.24 bits per heavy atom. The van der Waals surface area contributed by atoms with Gasteiger partial charge < -0.3 is 19.7 Å². The fourth-order valence-electron chi connectivity index (χ4n) is 2.79. The quantitative estimate of drug-likeness (QED) is 0.903. The summed E-state index contributed by atoms with van der Waals surface area (Å²) in [5, 5.41) is 3.32. The monoisotopic (exact) mass is 312 g/mol. The van der Waals surface area contributed by atoms with E-state index < -0.39 is 0 Å². The van der Waals surface area contributed by atoms with Gasteiger partial charge in [0.05, 0.1) is 5.56 Å². The Labute approximate surface area is 131 Å². The van der Waals surface area contributed by atoms with Crippen LogP contribution in [-0.2, 0) is 0 Å². The number of ether oxygens (including phenoxy) is 2. The van der Waals surface area contributed by atoms with Crippen molar-refractivity contribution in [3.05, 3.63) is 23.8 Å². The van der Waals surface area contributed by atoms with Crippen molar-refractivity contribution in [2.24, 2.45) is 0 Å². The molecule has 1 amide bonds. The Balaban J connectivity index is 0.00000161. The van der Waals surface area contributed by atoms with Crippen molar-refractivity contribution in [3.63, 3.8) is 0 Å². The molecule has 1 N–H and O–H groups in total. The highest BCUT2D eigenvalue weighted by molar-refractivity contribution is 5.98. The van der Waals surface area contributed by atoms with Crippen LogP contribution in [0.3, 0.4) is 0 Å². The maximum absolute atomic E-state index is 12.7. The first kappa shape index (κ1) is 15.9. The molecule has 2 heterocycles. The summed E-state index contributed by atoms with van der Waals surface area (Å²) in [7, 11) is 1.88. The minimum absolute atomic E-state index is 0. The maximum Gasteiger partial charge on any atom is 0.257 e. The Bertz CT molecular complexity index is 504. The van der Waals surface area contributed by atoms with E-state index in [1.54, 1.807) is 0 Å². The van der Waals surface area contributed by atoms with Crippen LogP contribution in [0.4, 0.5) is 0 Å². The number of para-hydroxylation sites is 1. The number of benzene rings is 1. The molecule has 6 heteroatoms. The molecule has 0 atom stereocenters. The van der Waals surface area contributed by atoms with Gasteiger partial charge in [0.2, 0.25) is 0 Å². The first-order valence-electron chi connectivity index (χ1n) is 7.14. The van der Waals surface area contributed by atoms with Crippen LogP contribution in [0.15, 0.2) is 18.2 Å². The number of carbonyl (C=O) groups excluding carboxylic acids is 1. The summed E-state index contributed by atoms with van der Waals surface area (Å²) in [6.07, 6.45) is 1.99. The second-order valence-electron chi connectivity index (χ2n) is 5.23.